The number of benzene rings is 1. The number of nitro groups is 1. The minimum absolute atomic E-state index is 0.137. The van der Waals surface area contributed by atoms with Crippen LogP contribution < -0.4 is 5.73 Å². The summed E-state index contributed by atoms with van der Waals surface area (Å²) in [5.74, 6) is -1.46. The number of nitro benzene ring substituents is 1. The number of ether oxygens (including phenoxy) is 1. The van der Waals surface area contributed by atoms with Gasteiger partial charge in [-0.15, -0.1) is 11.8 Å². The number of esters is 1. The normalized spacial score (nSPS) is 26.0. The number of β-lactam (4-membered cyclic amide) rings is 1. The first-order valence-corrected chi connectivity index (χ1v) is 8.71. The molecule has 2 heterocycles. The van der Waals surface area contributed by atoms with Crippen LogP contribution in [0.25, 0.3) is 0 Å². The van der Waals surface area contributed by atoms with E-state index in [0.717, 1.165) is 0 Å². The molecule has 1 amide bonds. The van der Waals surface area contributed by atoms with Gasteiger partial charge in [0, 0.05) is 22.4 Å². The van der Waals surface area contributed by atoms with Gasteiger partial charge in [-0.2, -0.15) is 0 Å². The molecule has 138 valence electrons. The van der Waals surface area contributed by atoms with E-state index in [1.54, 1.807) is 0 Å². The molecule has 2 saturated heterocycles. The van der Waals surface area contributed by atoms with Crippen LogP contribution in [0.5, 0.6) is 0 Å². The molecule has 0 radical (unpaired) electrons. The number of Topliss-reactive ketones (excluding diaryl/α,β-unsaturated/α-hetero) is 1. The molecule has 0 spiro atoms. The first-order valence-electron chi connectivity index (χ1n) is 7.83. The number of hydrogen-bond acceptors (Lipinski definition) is 8. The lowest BCUT2D eigenvalue weighted by Gasteiger charge is -2.41. The first-order chi connectivity index (χ1) is 12.1. The van der Waals surface area contributed by atoms with E-state index in [1.165, 1.54) is 40.9 Å². The smallest absolute Gasteiger partial charge is 0.330 e. The van der Waals surface area contributed by atoms with Gasteiger partial charge in [0.25, 0.3) is 5.69 Å². The highest BCUT2D eigenvalue weighted by molar-refractivity contribution is 8.01. The molecular weight excluding hydrogens is 362 g/mol. The lowest BCUT2D eigenvalue weighted by molar-refractivity contribution is -0.384. The zero-order chi connectivity index (χ0) is 19.2. The summed E-state index contributed by atoms with van der Waals surface area (Å²) in [6, 6.07) is 3.58. The standard InChI is InChI=1S/C16H17N3O6S/c1-16(2)12(18-13(21)11(17)14(18)26-16)15(22)25-7-10(20)8-3-5-9(6-4-8)19(23)24/h3-6,11-12,14H,7,17H2,1-2H3/t11-,12+,14-/m1/s1. The van der Waals surface area contributed by atoms with Crippen molar-refractivity contribution >= 4 is 35.1 Å². The number of fused-ring (bicyclic) bond motifs is 1. The van der Waals surface area contributed by atoms with Crippen molar-refractivity contribution in [3.05, 3.63) is 39.9 Å². The molecule has 0 aromatic heterocycles. The molecule has 0 unspecified atom stereocenters. The van der Waals surface area contributed by atoms with Crippen molar-refractivity contribution in [3.8, 4) is 0 Å². The quantitative estimate of drug-likeness (QED) is 0.260. The summed E-state index contributed by atoms with van der Waals surface area (Å²) >= 11 is 1.43. The molecule has 2 aliphatic rings. The molecule has 3 rings (SSSR count). The fraction of sp³-hybridized carbons (Fsp3) is 0.438. The van der Waals surface area contributed by atoms with E-state index < -0.39 is 40.1 Å². The van der Waals surface area contributed by atoms with Crippen LogP contribution in [0.4, 0.5) is 5.69 Å². The first kappa shape index (κ1) is 18.3. The molecule has 2 N–H and O–H groups in total. The number of hydrogen-bond donors (Lipinski definition) is 1. The Morgan fingerprint density at radius 3 is 2.54 bits per heavy atom. The van der Waals surface area contributed by atoms with Crippen LogP contribution in [0.1, 0.15) is 24.2 Å². The molecule has 9 nitrogen and oxygen atoms in total. The van der Waals surface area contributed by atoms with Gasteiger partial charge >= 0.3 is 5.97 Å². The molecule has 10 heteroatoms. The topological polar surface area (TPSA) is 133 Å². The van der Waals surface area contributed by atoms with Crippen molar-refractivity contribution in [1.29, 1.82) is 0 Å². The van der Waals surface area contributed by atoms with E-state index in [0.29, 0.717) is 0 Å². The highest BCUT2D eigenvalue weighted by Gasteiger charge is 2.63. The van der Waals surface area contributed by atoms with Crippen LogP contribution in [0.3, 0.4) is 0 Å². The maximum absolute atomic E-state index is 12.5. The van der Waals surface area contributed by atoms with Crippen molar-refractivity contribution in [2.24, 2.45) is 5.73 Å². The second-order valence-corrected chi connectivity index (χ2v) is 8.39. The van der Waals surface area contributed by atoms with E-state index in [4.69, 9.17) is 10.5 Å². The minimum Gasteiger partial charge on any atom is -0.456 e. The van der Waals surface area contributed by atoms with Gasteiger partial charge in [0.2, 0.25) is 5.91 Å². The number of ketones is 1. The Labute approximate surface area is 153 Å². The molecule has 0 bridgehead atoms. The minimum atomic E-state index is -0.811. The highest BCUT2D eigenvalue weighted by atomic mass is 32.2. The summed E-state index contributed by atoms with van der Waals surface area (Å²) in [5.41, 5.74) is 5.82. The number of non-ortho nitro benzene ring substituents is 1. The zero-order valence-electron chi connectivity index (χ0n) is 14.1. The van der Waals surface area contributed by atoms with Crippen LogP contribution in [-0.2, 0) is 14.3 Å². The second kappa shape index (κ2) is 6.36. The van der Waals surface area contributed by atoms with E-state index >= 15 is 0 Å². The third-order valence-corrected chi connectivity index (χ3v) is 6.04. The molecule has 26 heavy (non-hydrogen) atoms. The Kier molecular flexibility index (Phi) is 4.49. The van der Waals surface area contributed by atoms with Gasteiger partial charge in [0.05, 0.1) is 4.92 Å². The van der Waals surface area contributed by atoms with Crippen LogP contribution in [0.2, 0.25) is 0 Å². The Morgan fingerprint density at radius 1 is 1.35 bits per heavy atom. The summed E-state index contributed by atoms with van der Waals surface area (Å²) in [6.07, 6.45) is 0. The number of carbonyl (C=O) groups is 3. The van der Waals surface area contributed by atoms with Gasteiger partial charge in [0.15, 0.2) is 12.4 Å². The van der Waals surface area contributed by atoms with Crippen molar-refractivity contribution in [2.75, 3.05) is 6.61 Å². The Bertz CT molecular complexity index is 794. The van der Waals surface area contributed by atoms with E-state index in [2.05, 4.69) is 0 Å². The lowest BCUT2D eigenvalue weighted by Crippen LogP contribution is -2.68. The van der Waals surface area contributed by atoms with Crippen molar-refractivity contribution in [1.82, 2.24) is 4.90 Å². The van der Waals surface area contributed by atoms with Gasteiger partial charge in [-0.3, -0.25) is 19.7 Å². The number of carbonyl (C=O) groups excluding carboxylic acids is 3. The number of thioether (sulfide) groups is 1. The summed E-state index contributed by atoms with van der Waals surface area (Å²) in [6.45, 7) is 3.13. The van der Waals surface area contributed by atoms with E-state index in [-0.39, 0.29) is 22.5 Å². The molecule has 1 aromatic rings. The molecular formula is C16H17N3O6S. The van der Waals surface area contributed by atoms with Gasteiger partial charge in [0.1, 0.15) is 17.5 Å². The fourth-order valence-electron chi connectivity index (χ4n) is 3.09. The molecule has 0 aliphatic carbocycles. The molecule has 1 aromatic carbocycles. The van der Waals surface area contributed by atoms with E-state index in [9.17, 15) is 24.5 Å². The number of amides is 1. The number of rotatable bonds is 5. The molecule has 3 atom stereocenters. The number of nitrogens with zero attached hydrogens (tertiary/aromatic N) is 2. The average molecular weight is 379 g/mol. The summed E-state index contributed by atoms with van der Waals surface area (Å²) < 4.78 is 4.54. The van der Waals surface area contributed by atoms with Crippen LogP contribution in [0, 0.1) is 10.1 Å². The monoisotopic (exact) mass is 379 g/mol. The fourth-order valence-corrected chi connectivity index (χ4v) is 4.65. The maximum atomic E-state index is 12.5. The lowest BCUT2D eigenvalue weighted by atomic mass is 9.96. The molecule has 2 aliphatic heterocycles. The number of nitrogens with two attached hydrogens (primary N) is 1. The third-order valence-electron chi connectivity index (χ3n) is 4.45. The Morgan fingerprint density at radius 2 is 1.96 bits per heavy atom. The highest BCUT2D eigenvalue weighted by Crippen LogP contribution is 2.50. The van der Waals surface area contributed by atoms with Gasteiger partial charge in [-0.1, -0.05) is 0 Å². The maximum Gasteiger partial charge on any atom is 0.330 e. The SMILES string of the molecule is CC1(C)S[C@@H]2[C@H](N)C(=O)N2[C@H]1C(=O)OCC(=O)c1ccc([N+](=O)[O-])cc1. The predicted molar refractivity (Wildman–Crippen MR) is 92.5 cm³/mol. The zero-order valence-corrected chi connectivity index (χ0v) is 14.9. The molecule has 2 fully saturated rings. The molecule has 0 saturated carbocycles. The van der Waals surface area contributed by atoms with Crippen molar-refractivity contribution in [3.63, 3.8) is 0 Å². The Balaban J connectivity index is 1.64. The summed E-state index contributed by atoms with van der Waals surface area (Å²) in [5, 5.41) is 10.4. The summed E-state index contributed by atoms with van der Waals surface area (Å²) in [4.78, 5) is 48.0. The average Bonchev–Trinajstić information content (AvgIpc) is 2.87. The van der Waals surface area contributed by atoms with Gasteiger partial charge < -0.3 is 15.4 Å². The Hall–Kier alpha value is -2.46. The summed E-state index contributed by atoms with van der Waals surface area (Å²) in [7, 11) is 0. The van der Waals surface area contributed by atoms with Gasteiger partial charge in [-0.25, -0.2) is 4.79 Å². The third kappa shape index (κ3) is 2.95. The van der Waals surface area contributed by atoms with Crippen LogP contribution in [0.15, 0.2) is 24.3 Å². The second-order valence-electron chi connectivity index (χ2n) is 6.62. The van der Waals surface area contributed by atoms with Crippen molar-refractivity contribution in [2.45, 2.75) is 36.1 Å². The van der Waals surface area contributed by atoms with E-state index in [1.807, 2.05) is 13.8 Å². The van der Waals surface area contributed by atoms with Crippen molar-refractivity contribution < 1.29 is 24.0 Å². The van der Waals surface area contributed by atoms with Crippen LogP contribution in [-0.4, -0.2) is 56.3 Å². The largest absolute Gasteiger partial charge is 0.456 e. The predicted octanol–water partition coefficient (Wildman–Crippen LogP) is 0.710. The van der Waals surface area contributed by atoms with Crippen LogP contribution >= 0.6 is 11.8 Å². The van der Waals surface area contributed by atoms with Gasteiger partial charge in [-0.05, 0) is 26.0 Å².